The number of rotatable bonds is 7. The van der Waals surface area contributed by atoms with Gasteiger partial charge in [0.1, 0.15) is 0 Å². The third kappa shape index (κ3) is 5.06. The zero-order valence-corrected chi connectivity index (χ0v) is 12.5. The number of hydrogen-bond acceptors (Lipinski definition) is 2. The van der Waals surface area contributed by atoms with Gasteiger partial charge in [0.25, 0.3) is 0 Å². The molecule has 2 aromatic carbocycles. The number of anilines is 1. The van der Waals surface area contributed by atoms with Gasteiger partial charge in [-0.2, -0.15) is 0 Å². The maximum Gasteiger partial charge on any atom is 0.0340 e. The highest BCUT2D eigenvalue weighted by Gasteiger charge is 1.97. The molecule has 0 saturated heterocycles. The average Bonchev–Trinajstić information content (AvgIpc) is 2.46. The standard InChI is InChI=1S/C18H24N2/c1-20(2)15-17-10-12-18(13-11-17)19-14-6-9-16-7-4-3-5-8-16/h3-5,7-8,10-13,19H,6,9,14-15H2,1-2H3. The van der Waals surface area contributed by atoms with E-state index in [4.69, 9.17) is 0 Å². The minimum atomic E-state index is 0.994. The van der Waals surface area contributed by atoms with Crippen LogP contribution in [-0.2, 0) is 13.0 Å². The molecule has 1 N–H and O–H groups in total. The highest BCUT2D eigenvalue weighted by atomic mass is 15.0. The van der Waals surface area contributed by atoms with E-state index in [-0.39, 0.29) is 0 Å². The summed E-state index contributed by atoms with van der Waals surface area (Å²) in [7, 11) is 4.19. The number of nitrogens with zero attached hydrogens (tertiary/aromatic N) is 1. The van der Waals surface area contributed by atoms with Crippen molar-refractivity contribution in [3.63, 3.8) is 0 Å². The van der Waals surface area contributed by atoms with Crippen molar-refractivity contribution >= 4 is 5.69 Å². The fourth-order valence-corrected chi connectivity index (χ4v) is 2.26. The first-order valence-electron chi connectivity index (χ1n) is 7.25. The molecule has 0 amide bonds. The molecule has 0 spiro atoms. The van der Waals surface area contributed by atoms with Crippen LogP contribution in [0.5, 0.6) is 0 Å². The molecular formula is C18H24N2. The van der Waals surface area contributed by atoms with Gasteiger partial charge < -0.3 is 10.2 Å². The van der Waals surface area contributed by atoms with Crippen LogP contribution in [0, 0.1) is 0 Å². The summed E-state index contributed by atoms with van der Waals surface area (Å²) in [6.07, 6.45) is 2.29. The first-order chi connectivity index (χ1) is 9.74. The second-order valence-corrected chi connectivity index (χ2v) is 5.45. The molecule has 2 rings (SSSR count). The molecule has 2 aromatic rings. The van der Waals surface area contributed by atoms with Crippen LogP contribution in [-0.4, -0.2) is 25.5 Å². The van der Waals surface area contributed by atoms with Gasteiger partial charge in [-0.1, -0.05) is 42.5 Å². The summed E-state index contributed by atoms with van der Waals surface area (Å²) >= 11 is 0. The van der Waals surface area contributed by atoms with E-state index in [1.807, 2.05) is 0 Å². The molecule has 2 nitrogen and oxygen atoms in total. The summed E-state index contributed by atoms with van der Waals surface area (Å²) < 4.78 is 0. The Hall–Kier alpha value is -1.80. The third-order valence-corrected chi connectivity index (χ3v) is 3.27. The van der Waals surface area contributed by atoms with E-state index < -0.39 is 0 Å². The normalized spacial score (nSPS) is 10.8. The van der Waals surface area contributed by atoms with Crippen LogP contribution in [0.25, 0.3) is 0 Å². The number of nitrogens with one attached hydrogen (secondary N) is 1. The lowest BCUT2D eigenvalue weighted by atomic mass is 10.1. The van der Waals surface area contributed by atoms with Crippen LogP contribution < -0.4 is 5.32 Å². The van der Waals surface area contributed by atoms with Crippen LogP contribution in [0.3, 0.4) is 0 Å². The second-order valence-electron chi connectivity index (χ2n) is 5.45. The van der Waals surface area contributed by atoms with Crippen molar-refractivity contribution in [1.82, 2.24) is 4.90 Å². The highest BCUT2D eigenvalue weighted by Crippen LogP contribution is 2.11. The Kier molecular flexibility index (Phi) is 5.63. The zero-order valence-electron chi connectivity index (χ0n) is 12.5. The SMILES string of the molecule is CN(C)Cc1ccc(NCCCc2ccccc2)cc1. The average molecular weight is 268 g/mol. The van der Waals surface area contributed by atoms with E-state index in [2.05, 4.69) is 78.9 Å². The molecule has 20 heavy (non-hydrogen) atoms. The predicted molar refractivity (Wildman–Crippen MR) is 87.1 cm³/mol. The highest BCUT2D eigenvalue weighted by molar-refractivity contribution is 5.44. The fourth-order valence-electron chi connectivity index (χ4n) is 2.26. The molecule has 0 aliphatic rings. The number of benzene rings is 2. The Morgan fingerprint density at radius 1 is 0.850 bits per heavy atom. The molecule has 0 radical (unpaired) electrons. The van der Waals surface area contributed by atoms with E-state index in [1.165, 1.54) is 16.8 Å². The van der Waals surface area contributed by atoms with E-state index >= 15 is 0 Å². The van der Waals surface area contributed by atoms with Crippen molar-refractivity contribution in [2.24, 2.45) is 0 Å². The van der Waals surface area contributed by atoms with Crippen LogP contribution in [0.4, 0.5) is 5.69 Å². The predicted octanol–water partition coefficient (Wildman–Crippen LogP) is 3.79. The van der Waals surface area contributed by atoms with Gasteiger partial charge in [-0.15, -0.1) is 0 Å². The summed E-state index contributed by atoms with van der Waals surface area (Å²) in [6, 6.07) is 19.4. The number of hydrogen-bond donors (Lipinski definition) is 1. The molecule has 0 heterocycles. The fraction of sp³-hybridized carbons (Fsp3) is 0.333. The zero-order chi connectivity index (χ0) is 14.2. The van der Waals surface area contributed by atoms with Crippen molar-refractivity contribution in [3.05, 3.63) is 65.7 Å². The molecule has 2 heteroatoms. The van der Waals surface area contributed by atoms with Crippen molar-refractivity contribution < 1.29 is 0 Å². The minimum Gasteiger partial charge on any atom is -0.385 e. The van der Waals surface area contributed by atoms with Crippen LogP contribution in [0.1, 0.15) is 17.5 Å². The Bertz CT molecular complexity index is 489. The maximum absolute atomic E-state index is 3.48. The van der Waals surface area contributed by atoms with Gasteiger partial charge in [0.2, 0.25) is 0 Å². The minimum absolute atomic E-state index is 0.994. The van der Waals surface area contributed by atoms with Gasteiger partial charge in [0.05, 0.1) is 0 Å². The van der Waals surface area contributed by atoms with E-state index in [0.717, 1.165) is 25.9 Å². The van der Waals surface area contributed by atoms with E-state index in [1.54, 1.807) is 0 Å². The lowest BCUT2D eigenvalue weighted by Crippen LogP contribution is -2.10. The molecule has 0 aliphatic heterocycles. The summed E-state index contributed by atoms with van der Waals surface area (Å²) in [4.78, 5) is 2.18. The van der Waals surface area contributed by atoms with Gasteiger partial charge >= 0.3 is 0 Å². The van der Waals surface area contributed by atoms with Crippen molar-refractivity contribution in [2.75, 3.05) is 26.0 Å². The molecule has 0 saturated carbocycles. The molecule has 106 valence electrons. The topological polar surface area (TPSA) is 15.3 Å². The van der Waals surface area contributed by atoms with Gasteiger partial charge in [-0.05, 0) is 50.2 Å². The smallest absolute Gasteiger partial charge is 0.0340 e. The quantitative estimate of drug-likeness (QED) is 0.769. The van der Waals surface area contributed by atoms with Crippen molar-refractivity contribution in [2.45, 2.75) is 19.4 Å². The molecule has 0 aromatic heterocycles. The summed E-state index contributed by atoms with van der Waals surface area (Å²) in [5, 5.41) is 3.48. The molecule has 0 unspecified atom stereocenters. The van der Waals surface area contributed by atoms with Crippen molar-refractivity contribution in [1.29, 1.82) is 0 Å². The van der Waals surface area contributed by atoms with Gasteiger partial charge in [0.15, 0.2) is 0 Å². The van der Waals surface area contributed by atoms with Crippen LogP contribution in [0.2, 0.25) is 0 Å². The summed E-state index contributed by atoms with van der Waals surface area (Å²) in [5.41, 5.74) is 3.97. The monoisotopic (exact) mass is 268 g/mol. The molecule has 0 bridgehead atoms. The first-order valence-corrected chi connectivity index (χ1v) is 7.25. The molecule has 0 aliphatic carbocycles. The van der Waals surface area contributed by atoms with E-state index in [9.17, 15) is 0 Å². The molecule has 0 fully saturated rings. The Balaban J connectivity index is 1.71. The summed E-state index contributed by atoms with van der Waals surface area (Å²) in [6.45, 7) is 2.01. The van der Waals surface area contributed by atoms with E-state index in [0.29, 0.717) is 0 Å². The van der Waals surface area contributed by atoms with Gasteiger partial charge in [0, 0.05) is 18.8 Å². The second kappa shape index (κ2) is 7.71. The first kappa shape index (κ1) is 14.6. The largest absolute Gasteiger partial charge is 0.385 e. The van der Waals surface area contributed by atoms with Crippen molar-refractivity contribution in [3.8, 4) is 0 Å². The van der Waals surface area contributed by atoms with Gasteiger partial charge in [-0.25, -0.2) is 0 Å². The van der Waals surface area contributed by atoms with Crippen LogP contribution in [0.15, 0.2) is 54.6 Å². The summed E-state index contributed by atoms with van der Waals surface area (Å²) in [5.74, 6) is 0. The Labute approximate surface area is 122 Å². The van der Waals surface area contributed by atoms with Crippen LogP contribution >= 0.6 is 0 Å². The maximum atomic E-state index is 3.48. The molecular weight excluding hydrogens is 244 g/mol. The third-order valence-electron chi connectivity index (χ3n) is 3.27. The Morgan fingerprint density at radius 2 is 1.55 bits per heavy atom. The lowest BCUT2D eigenvalue weighted by Gasteiger charge is -2.11. The lowest BCUT2D eigenvalue weighted by molar-refractivity contribution is 0.402. The Morgan fingerprint density at radius 3 is 2.20 bits per heavy atom. The molecule has 0 atom stereocenters. The van der Waals surface area contributed by atoms with Gasteiger partial charge in [-0.3, -0.25) is 0 Å². The number of aryl methyl sites for hydroxylation is 1.